The molecule has 0 aliphatic rings. The fourth-order valence-corrected chi connectivity index (χ4v) is 1.84. The highest BCUT2D eigenvalue weighted by molar-refractivity contribution is 5.79. The first-order valence-corrected chi connectivity index (χ1v) is 6.41. The Hall–Kier alpha value is -1.39. The van der Waals surface area contributed by atoms with Crippen LogP contribution in [-0.4, -0.2) is 30.4 Å². The molecule has 0 radical (unpaired) electrons. The van der Waals surface area contributed by atoms with Gasteiger partial charge >= 0.3 is 0 Å². The molecular formula is C15H22O4. The summed E-state index contributed by atoms with van der Waals surface area (Å²) in [6.07, 6.45) is -0.484. The first-order valence-electron chi connectivity index (χ1n) is 6.41. The third-order valence-electron chi connectivity index (χ3n) is 2.86. The molecule has 1 N–H and O–H groups in total. The maximum absolute atomic E-state index is 11.5. The smallest absolute Gasteiger partial charge is 0.164 e. The first-order chi connectivity index (χ1) is 8.93. The standard InChI is InChI=1S/C15H22O4/c1-10(2)19-13-7-5-12(6-8-13)9-14(11(3)16)15(17)18-4/h5-8,10,14-15,17H,9H2,1-4H3. The number of rotatable bonds is 7. The molecule has 0 amide bonds. The Balaban J connectivity index is 2.72. The van der Waals surface area contributed by atoms with Gasteiger partial charge in [0.15, 0.2) is 6.29 Å². The van der Waals surface area contributed by atoms with Gasteiger partial charge in [0.05, 0.1) is 12.0 Å². The molecule has 2 unspecified atom stereocenters. The lowest BCUT2D eigenvalue weighted by Gasteiger charge is -2.19. The molecule has 0 fully saturated rings. The van der Waals surface area contributed by atoms with Crippen LogP contribution in [0.3, 0.4) is 0 Å². The van der Waals surface area contributed by atoms with Gasteiger partial charge in [0, 0.05) is 7.11 Å². The Morgan fingerprint density at radius 1 is 1.26 bits per heavy atom. The van der Waals surface area contributed by atoms with Crippen LogP contribution in [0.1, 0.15) is 26.3 Å². The normalized spacial score (nSPS) is 14.2. The molecule has 4 nitrogen and oxygen atoms in total. The number of aliphatic hydroxyl groups is 1. The molecule has 4 heteroatoms. The zero-order chi connectivity index (χ0) is 14.4. The minimum absolute atomic E-state index is 0.0862. The summed E-state index contributed by atoms with van der Waals surface area (Å²) in [6.45, 7) is 5.40. The van der Waals surface area contributed by atoms with Crippen molar-refractivity contribution in [2.45, 2.75) is 39.6 Å². The largest absolute Gasteiger partial charge is 0.491 e. The highest BCUT2D eigenvalue weighted by atomic mass is 16.6. The van der Waals surface area contributed by atoms with E-state index in [1.165, 1.54) is 14.0 Å². The lowest BCUT2D eigenvalue weighted by atomic mass is 9.95. The molecule has 1 rings (SSSR count). The van der Waals surface area contributed by atoms with E-state index in [0.29, 0.717) is 6.42 Å². The Bertz CT molecular complexity index is 397. The summed E-state index contributed by atoms with van der Waals surface area (Å²) in [5.41, 5.74) is 0.965. The topological polar surface area (TPSA) is 55.8 Å². The zero-order valence-corrected chi connectivity index (χ0v) is 11.9. The number of carbonyl (C=O) groups is 1. The molecule has 0 aromatic heterocycles. The second kappa shape index (κ2) is 7.26. The van der Waals surface area contributed by atoms with Gasteiger partial charge in [-0.3, -0.25) is 4.79 Å². The van der Waals surface area contributed by atoms with Crippen molar-refractivity contribution in [1.82, 2.24) is 0 Å². The first kappa shape index (κ1) is 15.7. The van der Waals surface area contributed by atoms with Gasteiger partial charge in [0.1, 0.15) is 11.5 Å². The van der Waals surface area contributed by atoms with Gasteiger partial charge in [-0.2, -0.15) is 0 Å². The molecule has 1 aromatic rings. The Morgan fingerprint density at radius 3 is 2.26 bits per heavy atom. The van der Waals surface area contributed by atoms with Gasteiger partial charge in [0.25, 0.3) is 0 Å². The number of hydrogen-bond acceptors (Lipinski definition) is 4. The molecule has 0 aliphatic carbocycles. The number of benzene rings is 1. The molecule has 0 saturated heterocycles. The lowest BCUT2D eigenvalue weighted by molar-refractivity contribution is -0.144. The lowest BCUT2D eigenvalue weighted by Crippen LogP contribution is -2.30. The fraction of sp³-hybridized carbons (Fsp3) is 0.533. The molecule has 2 atom stereocenters. The van der Waals surface area contributed by atoms with Gasteiger partial charge in [0.2, 0.25) is 0 Å². The van der Waals surface area contributed by atoms with Gasteiger partial charge in [-0.15, -0.1) is 0 Å². The van der Waals surface area contributed by atoms with Gasteiger partial charge in [-0.25, -0.2) is 0 Å². The summed E-state index contributed by atoms with van der Waals surface area (Å²) in [7, 11) is 1.39. The summed E-state index contributed by atoms with van der Waals surface area (Å²) >= 11 is 0. The van der Waals surface area contributed by atoms with E-state index in [1.54, 1.807) is 0 Å². The van der Waals surface area contributed by atoms with Crippen LogP contribution >= 0.6 is 0 Å². The highest BCUT2D eigenvalue weighted by Gasteiger charge is 2.23. The number of hydrogen-bond donors (Lipinski definition) is 1. The molecule has 0 spiro atoms. The molecule has 106 valence electrons. The van der Waals surface area contributed by atoms with Crippen LogP contribution in [-0.2, 0) is 16.0 Å². The van der Waals surface area contributed by atoms with Crippen molar-refractivity contribution in [1.29, 1.82) is 0 Å². The Morgan fingerprint density at radius 2 is 1.84 bits per heavy atom. The average molecular weight is 266 g/mol. The summed E-state index contributed by atoms with van der Waals surface area (Å²) in [6, 6.07) is 7.53. The highest BCUT2D eigenvalue weighted by Crippen LogP contribution is 2.18. The van der Waals surface area contributed by atoms with Crippen molar-refractivity contribution in [2.75, 3.05) is 7.11 Å². The number of Topliss-reactive ketones (excluding diaryl/α,β-unsaturated/α-hetero) is 1. The predicted molar refractivity (Wildman–Crippen MR) is 73.1 cm³/mol. The molecule has 0 aliphatic heterocycles. The second-order valence-corrected chi connectivity index (χ2v) is 4.86. The van der Waals surface area contributed by atoms with Gasteiger partial charge in [-0.1, -0.05) is 12.1 Å². The maximum atomic E-state index is 11.5. The zero-order valence-electron chi connectivity index (χ0n) is 11.9. The van der Waals surface area contributed by atoms with Crippen LogP contribution in [0.4, 0.5) is 0 Å². The SMILES string of the molecule is COC(O)C(Cc1ccc(OC(C)C)cc1)C(C)=O. The van der Waals surface area contributed by atoms with Crippen molar-refractivity contribution < 1.29 is 19.4 Å². The van der Waals surface area contributed by atoms with Crippen LogP contribution in [0.25, 0.3) is 0 Å². The van der Waals surface area contributed by atoms with Crippen LogP contribution in [0, 0.1) is 5.92 Å². The number of carbonyl (C=O) groups excluding carboxylic acids is 1. The Labute approximate surface area is 114 Å². The molecule has 1 aromatic carbocycles. The van der Waals surface area contributed by atoms with E-state index in [-0.39, 0.29) is 11.9 Å². The third-order valence-corrected chi connectivity index (χ3v) is 2.86. The van der Waals surface area contributed by atoms with E-state index in [2.05, 4.69) is 0 Å². The second-order valence-electron chi connectivity index (χ2n) is 4.86. The minimum atomic E-state index is -1.07. The predicted octanol–water partition coefficient (Wildman–Crippen LogP) is 2.19. The quantitative estimate of drug-likeness (QED) is 0.769. The summed E-state index contributed by atoms with van der Waals surface area (Å²) in [5, 5.41) is 9.66. The summed E-state index contributed by atoms with van der Waals surface area (Å²) < 4.78 is 10.4. The van der Waals surface area contributed by atoms with Gasteiger partial charge < -0.3 is 14.6 Å². The van der Waals surface area contributed by atoms with Crippen molar-refractivity contribution in [3.63, 3.8) is 0 Å². The average Bonchev–Trinajstić information content (AvgIpc) is 2.36. The number of ether oxygens (including phenoxy) is 2. The monoisotopic (exact) mass is 266 g/mol. The molecule has 19 heavy (non-hydrogen) atoms. The van der Waals surface area contributed by atoms with E-state index in [4.69, 9.17) is 9.47 Å². The Kier molecular flexibility index (Phi) is 5.99. The summed E-state index contributed by atoms with van der Waals surface area (Å²) in [4.78, 5) is 11.5. The summed E-state index contributed by atoms with van der Waals surface area (Å²) in [5.74, 6) is 0.170. The van der Waals surface area contributed by atoms with E-state index < -0.39 is 12.2 Å². The van der Waals surface area contributed by atoms with E-state index in [9.17, 15) is 9.90 Å². The fourth-order valence-electron chi connectivity index (χ4n) is 1.84. The van der Waals surface area contributed by atoms with Crippen molar-refractivity contribution in [2.24, 2.45) is 5.92 Å². The maximum Gasteiger partial charge on any atom is 0.164 e. The van der Waals surface area contributed by atoms with E-state index in [1.807, 2.05) is 38.1 Å². The molecular weight excluding hydrogens is 244 g/mol. The van der Waals surface area contributed by atoms with E-state index in [0.717, 1.165) is 11.3 Å². The molecule has 0 bridgehead atoms. The van der Waals surface area contributed by atoms with Crippen molar-refractivity contribution >= 4 is 5.78 Å². The number of aliphatic hydroxyl groups excluding tert-OH is 1. The molecule has 0 heterocycles. The third kappa shape index (κ3) is 5.01. The minimum Gasteiger partial charge on any atom is -0.491 e. The van der Waals surface area contributed by atoms with Gasteiger partial charge in [-0.05, 0) is 44.9 Å². The number of ketones is 1. The molecule has 0 saturated carbocycles. The number of methoxy groups -OCH3 is 1. The van der Waals surface area contributed by atoms with Crippen LogP contribution < -0.4 is 4.74 Å². The van der Waals surface area contributed by atoms with Crippen molar-refractivity contribution in [3.8, 4) is 5.75 Å². The van der Waals surface area contributed by atoms with Crippen LogP contribution in [0.15, 0.2) is 24.3 Å². The van der Waals surface area contributed by atoms with Crippen LogP contribution in [0.2, 0.25) is 0 Å². The van der Waals surface area contributed by atoms with E-state index >= 15 is 0 Å². The van der Waals surface area contributed by atoms with Crippen LogP contribution in [0.5, 0.6) is 5.75 Å². The van der Waals surface area contributed by atoms with Crippen molar-refractivity contribution in [3.05, 3.63) is 29.8 Å².